The van der Waals surface area contributed by atoms with Crippen LogP contribution in [0.1, 0.15) is 20.3 Å². The maximum atomic E-state index is 4.05. The molecular weight excluding hydrogens is 112 g/mol. The smallest absolute Gasteiger partial charge is 0.0968 e. The Kier molecular flexibility index (Phi) is 1.88. The molecule has 0 unspecified atom stereocenters. The van der Waals surface area contributed by atoms with Crippen LogP contribution in [-0.2, 0) is 0 Å². The fourth-order valence-corrected chi connectivity index (χ4v) is 0.743. The lowest BCUT2D eigenvalue weighted by molar-refractivity contribution is 0.590. The summed E-state index contributed by atoms with van der Waals surface area (Å²) < 4.78 is 0. The van der Waals surface area contributed by atoms with E-state index < -0.39 is 0 Å². The average Bonchev–Trinajstić information content (AvgIpc) is 2.15. The zero-order chi connectivity index (χ0) is 6.69. The summed E-state index contributed by atoms with van der Waals surface area (Å²) in [7, 11) is 0. The number of hydrogen-bond acceptors (Lipinski definition) is 2. The van der Waals surface area contributed by atoms with Crippen molar-refractivity contribution in [3.05, 3.63) is 6.17 Å². The van der Waals surface area contributed by atoms with Gasteiger partial charge in [0, 0.05) is 0 Å². The van der Waals surface area contributed by atoms with Crippen molar-refractivity contribution >= 4 is 12.4 Å². The maximum Gasteiger partial charge on any atom is 0.240 e. The van der Waals surface area contributed by atoms with Gasteiger partial charge in [-0.15, -0.1) is 0 Å². The predicted octanol–water partition coefficient (Wildman–Crippen LogP) is 1.68. The monoisotopic (exact) mass is 123 g/mol. The molecule has 0 aliphatic carbocycles. The fraction of sp³-hybridized carbons (Fsp3) is 0.571. The second-order valence-electron chi connectivity index (χ2n) is 2.57. The van der Waals surface area contributed by atoms with E-state index in [0.29, 0.717) is 5.92 Å². The van der Waals surface area contributed by atoms with E-state index >= 15 is 0 Å². The molecule has 0 spiro atoms. The summed E-state index contributed by atoms with van der Waals surface area (Å²) in [6.45, 7) is 4.33. The molecule has 0 aromatic rings. The summed E-state index contributed by atoms with van der Waals surface area (Å²) >= 11 is 0. The standard InChI is InChI=1S/C7H11N2/c1-6(2)5-7-8-3-4-9-7/h3-4,6H,5H2,1-2H3/q+1. The number of hydrogen-bond donors (Lipinski definition) is 0. The highest BCUT2D eigenvalue weighted by molar-refractivity contribution is 6.18. The number of nitrogens with zero attached hydrogens (tertiary/aromatic N) is 2. The summed E-state index contributed by atoms with van der Waals surface area (Å²) in [5.41, 5.74) is 0. The van der Waals surface area contributed by atoms with Crippen LogP contribution in [0.15, 0.2) is 9.98 Å². The minimum atomic E-state index is 0.660. The summed E-state index contributed by atoms with van der Waals surface area (Å²) in [5.74, 6) is 0.660. The molecule has 0 bridgehead atoms. The lowest BCUT2D eigenvalue weighted by Crippen LogP contribution is -1.93. The molecule has 0 radical (unpaired) electrons. The molecule has 9 heavy (non-hydrogen) atoms. The molecule has 2 heteroatoms. The van der Waals surface area contributed by atoms with Gasteiger partial charge in [0.05, 0.1) is 6.42 Å². The van der Waals surface area contributed by atoms with Crippen molar-refractivity contribution in [1.29, 1.82) is 0 Å². The third kappa shape index (κ3) is 1.88. The topological polar surface area (TPSA) is 24.7 Å². The molecular formula is C7H11N2+. The zero-order valence-corrected chi connectivity index (χ0v) is 5.83. The minimum Gasteiger partial charge on any atom is -0.0968 e. The molecule has 0 saturated heterocycles. The van der Waals surface area contributed by atoms with Gasteiger partial charge in [0.25, 0.3) is 0 Å². The predicted molar refractivity (Wildman–Crippen MR) is 39.7 cm³/mol. The van der Waals surface area contributed by atoms with Gasteiger partial charge in [-0.25, -0.2) is 0 Å². The van der Waals surface area contributed by atoms with Crippen molar-refractivity contribution in [2.45, 2.75) is 20.3 Å². The molecule has 1 aliphatic rings. The quantitative estimate of drug-likeness (QED) is 0.499. The first-order chi connectivity index (χ1) is 4.29. The van der Waals surface area contributed by atoms with E-state index in [2.05, 4.69) is 23.8 Å². The van der Waals surface area contributed by atoms with E-state index in [4.69, 9.17) is 0 Å². The molecule has 0 amide bonds. The Morgan fingerprint density at radius 2 is 1.89 bits per heavy atom. The highest BCUT2D eigenvalue weighted by atomic mass is 15.0. The molecule has 48 valence electrons. The van der Waals surface area contributed by atoms with Gasteiger partial charge in [0.1, 0.15) is 0 Å². The fourth-order valence-electron chi connectivity index (χ4n) is 0.743. The Hall–Kier alpha value is -0.790. The Morgan fingerprint density at radius 3 is 2.33 bits per heavy atom. The van der Waals surface area contributed by atoms with Crippen LogP contribution < -0.4 is 0 Å². The van der Waals surface area contributed by atoms with Gasteiger partial charge in [0.2, 0.25) is 6.17 Å². The Labute approximate surface area is 55.7 Å². The molecule has 0 saturated carbocycles. The van der Waals surface area contributed by atoms with Gasteiger partial charge in [0.15, 0.2) is 12.4 Å². The highest BCUT2D eigenvalue weighted by Crippen LogP contribution is 2.17. The normalized spacial score (nSPS) is 16.1. The molecule has 1 rings (SSSR count). The van der Waals surface area contributed by atoms with E-state index in [-0.39, 0.29) is 0 Å². The van der Waals surface area contributed by atoms with Crippen LogP contribution in [0.3, 0.4) is 0 Å². The molecule has 2 nitrogen and oxygen atoms in total. The van der Waals surface area contributed by atoms with Crippen LogP contribution in [0.5, 0.6) is 0 Å². The largest absolute Gasteiger partial charge is 0.240 e. The maximum absolute atomic E-state index is 4.05. The van der Waals surface area contributed by atoms with Crippen molar-refractivity contribution in [3.63, 3.8) is 0 Å². The van der Waals surface area contributed by atoms with Gasteiger partial charge in [-0.3, -0.25) is 0 Å². The number of aliphatic imine (C=N–C) groups is 2. The van der Waals surface area contributed by atoms with Crippen LogP contribution in [-0.4, -0.2) is 12.4 Å². The third-order valence-electron chi connectivity index (χ3n) is 1.10. The van der Waals surface area contributed by atoms with E-state index in [1.54, 1.807) is 12.4 Å². The lowest BCUT2D eigenvalue weighted by atomic mass is 10.1. The van der Waals surface area contributed by atoms with Crippen molar-refractivity contribution in [3.8, 4) is 0 Å². The van der Waals surface area contributed by atoms with Gasteiger partial charge >= 0.3 is 0 Å². The molecule has 1 aliphatic heterocycles. The van der Waals surface area contributed by atoms with E-state index in [9.17, 15) is 0 Å². The second kappa shape index (κ2) is 2.67. The van der Waals surface area contributed by atoms with E-state index in [1.807, 2.05) is 0 Å². The van der Waals surface area contributed by atoms with E-state index in [0.717, 1.165) is 12.6 Å². The van der Waals surface area contributed by atoms with Crippen molar-refractivity contribution in [2.75, 3.05) is 0 Å². The van der Waals surface area contributed by atoms with Crippen LogP contribution in [0.25, 0.3) is 0 Å². The molecule has 0 atom stereocenters. The molecule has 0 aromatic carbocycles. The Balaban J connectivity index is 2.29. The molecule has 0 fully saturated rings. The van der Waals surface area contributed by atoms with Crippen LogP contribution >= 0.6 is 0 Å². The van der Waals surface area contributed by atoms with Gasteiger partial charge in [-0.2, -0.15) is 0 Å². The van der Waals surface area contributed by atoms with Crippen molar-refractivity contribution < 1.29 is 0 Å². The third-order valence-corrected chi connectivity index (χ3v) is 1.10. The first-order valence-electron chi connectivity index (χ1n) is 3.21. The molecule has 1 heterocycles. The number of rotatable bonds is 2. The van der Waals surface area contributed by atoms with Crippen molar-refractivity contribution in [1.82, 2.24) is 0 Å². The van der Waals surface area contributed by atoms with Crippen LogP contribution in [0.4, 0.5) is 0 Å². The summed E-state index contributed by atoms with van der Waals surface area (Å²) in [6.07, 6.45) is 5.42. The van der Waals surface area contributed by atoms with Crippen LogP contribution in [0, 0.1) is 12.1 Å². The second-order valence-corrected chi connectivity index (χ2v) is 2.57. The van der Waals surface area contributed by atoms with Crippen LogP contribution in [0.2, 0.25) is 0 Å². The first-order valence-corrected chi connectivity index (χ1v) is 3.21. The van der Waals surface area contributed by atoms with E-state index in [1.165, 1.54) is 0 Å². The SMILES string of the molecule is CC(C)C[C+]1N=CC=N1. The van der Waals surface area contributed by atoms with Gasteiger partial charge < -0.3 is 0 Å². The van der Waals surface area contributed by atoms with Gasteiger partial charge in [-0.05, 0) is 5.92 Å². The Bertz CT molecular complexity index is 124. The summed E-state index contributed by atoms with van der Waals surface area (Å²) in [5, 5.41) is 0. The highest BCUT2D eigenvalue weighted by Gasteiger charge is 2.16. The summed E-state index contributed by atoms with van der Waals surface area (Å²) in [6, 6.07) is 0. The van der Waals surface area contributed by atoms with Crippen molar-refractivity contribution in [2.24, 2.45) is 15.9 Å². The average molecular weight is 123 g/mol. The summed E-state index contributed by atoms with van der Waals surface area (Å²) in [4.78, 5) is 8.09. The van der Waals surface area contributed by atoms with Gasteiger partial charge in [-0.1, -0.05) is 23.8 Å². The first kappa shape index (κ1) is 6.33. The Morgan fingerprint density at radius 1 is 1.33 bits per heavy atom. The zero-order valence-electron chi connectivity index (χ0n) is 5.83. The molecule has 0 aromatic heterocycles. The lowest BCUT2D eigenvalue weighted by Gasteiger charge is -1.98. The minimum absolute atomic E-state index is 0.660. The molecule has 0 N–H and O–H groups in total.